The van der Waals surface area contributed by atoms with Crippen LogP contribution in [0.1, 0.15) is 18.5 Å². The summed E-state index contributed by atoms with van der Waals surface area (Å²) >= 11 is 12.1. The molecule has 0 fully saturated rings. The highest BCUT2D eigenvalue weighted by atomic mass is 35.5. The number of anilines is 2. The average molecular weight is 314 g/mol. The molecule has 0 aliphatic carbocycles. The molecular formula is C14H14Cl2FN3. The molecule has 1 aromatic carbocycles. The summed E-state index contributed by atoms with van der Waals surface area (Å²) in [5.74, 6) is 0.696. The van der Waals surface area contributed by atoms with E-state index in [1.165, 1.54) is 6.07 Å². The third kappa shape index (κ3) is 3.14. The molecule has 2 N–H and O–H groups in total. The average Bonchev–Trinajstić information content (AvgIpc) is 2.42. The number of pyridine rings is 1. The molecule has 2 rings (SSSR count). The van der Waals surface area contributed by atoms with Gasteiger partial charge in [-0.3, -0.25) is 0 Å². The first-order valence-corrected chi connectivity index (χ1v) is 6.83. The summed E-state index contributed by atoms with van der Waals surface area (Å²) in [6.45, 7) is 1.84. The summed E-state index contributed by atoms with van der Waals surface area (Å²) in [5.41, 5.74) is 0.548. The maximum absolute atomic E-state index is 13.7. The molecule has 0 aliphatic heterocycles. The predicted molar refractivity (Wildman–Crippen MR) is 82.2 cm³/mol. The molecule has 0 spiro atoms. The van der Waals surface area contributed by atoms with Gasteiger partial charge >= 0.3 is 0 Å². The Kier molecular flexibility index (Phi) is 4.68. The molecular weight excluding hydrogens is 300 g/mol. The second kappa shape index (κ2) is 6.29. The van der Waals surface area contributed by atoms with Crippen molar-refractivity contribution in [3.63, 3.8) is 0 Å². The van der Waals surface area contributed by atoms with Crippen molar-refractivity contribution < 1.29 is 4.39 Å². The fourth-order valence-corrected chi connectivity index (χ4v) is 2.36. The lowest BCUT2D eigenvalue weighted by Gasteiger charge is -2.17. The van der Waals surface area contributed by atoms with Gasteiger partial charge in [0.15, 0.2) is 0 Å². The molecule has 1 heterocycles. The number of nitrogens with zero attached hydrogens (tertiary/aromatic N) is 1. The number of nitrogens with one attached hydrogen (secondary N) is 2. The zero-order valence-electron chi connectivity index (χ0n) is 11.0. The molecule has 0 radical (unpaired) electrons. The maximum atomic E-state index is 13.7. The molecule has 1 unspecified atom stereocenters. The predicted octanol–water partition coefficient (Wildman–Crippen LogP) is 4.74. The smallest absolute Gasteiger partial charge is 0.147 e. The first-order chi connectivity index (χ1) is 9.52. The highest BCUT2D eigenvalue weighted by molar-refractivity contribution is 6.37. The molecule has 0 bridgehead atoms. The zero-order chi connectivity index (χ0) is 14.7. The number of aromatic nitrogens is 1. The summed E-state index contributed by atoms with van der Waals surface area (Å²) in [6.07, 6.45) is 0. The van der Waals surface area contributed by atoms with Crippen LogP contribution in [-0.2, 0) is 0 Å². The van der Waals surface area contributed by atoms with Gasteiger partial charge < -0.3 is 10.6 Å². The van der Waals surface area contributed by atoms with E-state index < -0.39 is 0 Å². The van der Waals surface area contributed by atoms with Gasteiger partial charge in [0, 0.05) is 12.6 Å². The number of hydrogen-bond donors (Lipinski definition) is 2. The first-order valence-electron chi connectivity index (χ1n) is 6.07. The highest BCUT2D eigenvalue weighted by Crippen LogP contribution is 2.31. The van der Waals surface area contributed by atoms with Gasteiger partial charge in [0.05, 0.1) is 16.1 Å². The van der Waals surface area contributed by atoms with E-state index in [9.17, 15) is 4.39 Å². The van der Waals surface area contributed by atoms with Gasteiger partial charge in [0.2, 0.25) is 0 Å². The zero-order valence-corrected chi connectivity index (χ0v) is 12.6. The minimum atomic E-state index is -0.272. The summed E-state index contributed by atoms with van der Waals surface area (Å²) in [6, 6.07) is 7.90. The Bertz CT molecular complexity index is 619. The Hall–Kier alpha value is -1.52. The van der Waals surface area contributed by atoms with Crippen molar-refractivity contribution >= 4 is 34.8 Å². The van der Waals surface area contributed by atoms with Crippen LogP contribution >= 0.6 is 23.2 Å². The molecule has 3 nitrogen and oxygen atoms in total. The number of rotatable bonds is 4. The molecule has 1 aromatic heterocycles. The van der Waals surface area contributed by atoms with E-state index in [-0.39, 0.29) is 11.9 Å². The maximum Gasteiger partial charge on any atom is 0.147 e. The standard InChI is InChI=1S/C14H14Cl2FN3/c1-8(9-5-3-4-6-12(9)17)19-14-11(16)7-10(15)13(18-2)20-14/h3-8H,1-2H3,(H2,18,19,20). The monoisotopic (exact) mass is 313 g/mol. The molecule has 0 aliphatic rings. The van der Waals surface area contributed by atoms with Crippen LogP contribution < -0.4 is 10.6 Å². The van der Waals surface area contributed by atoms with E-state index in [1.54, 1.807) is 31.3 Å². The number of benzene rings is 1. The quantitative estimate of drug-likeness (QED) is 0.855. The van der Waals surface area contributed by atoms with Gasteiger partial charge in [0.25, 0.3) is 0 Å². The minimum Gasteiger partial charge on any atom is -0.372 e. The molecule has 0 saturated heterocycles. The normalized spacial score (nSPS) is 12.1. The first kappa shape index (κ1) is 14.9. The van der Waals surface area contributed by atoms with Crippen molar-refractivity contribution in [3.8, 4) is 0 Å². The number of hydrogen-bond acceptors (Lipinski definition) is 3. The van der Waals surface area contributed by atoms with E-state index in [4.69, 9.17) is 23.2 Å². The number of halogens is 3. The van der Waals surface area contributed by atoms with E-state index >= 15 is 0 Å². The highest BCUT2D eigenvalue weighted by Gasteiger charge is 2.14. The minimum absolute atomic E-state index is 0.271. The topological polar surface area (TPSA) is 37.0 Å². The summed E-state index contributed by atoms with van der Waals surface area (Å²) < 4.78 is 13.7. The lowest BCUT2D eigenvalue weighted by atomic mass is 10.1. The largest absolute Gasteiger partial charge is 0.372 e. The summed E-state index contributed by atoms with van der Waals surface area (Å²) in [5, 5.41) is 6.78. The van der Waals surface area contributed by atoms with Gasteiger partial charge in [-0.25, -0.2) is 9.37 Å². The van der Waals surface area contributed by atoms with E-state index in [1.807, 2.05) is 6.92 Å². The Morgan fingerprint density at radius 1 is 1.15 bits per heavy atom. The fourth-order valence-electron chi connectivity index (χ4n) is 1.85. The Labute approximate surface area is 127 Å². The molecule has 106 valence electrons. The molecule has 6 heteroatoms. The SMILES string of the molecule is CNc1nc(NC(C)c2ccccc2F)c(Cl)cc1Cl. The van der Waals surface area contributed by atoms with Gasteiger partial charge in [-0.1, -0.05) is 41.4 Å². The van der Waals surface area contributed by atoms with Gasteiger partial charge in [-0.05, 0) is 19.1 Å². The van der Waals surface area contributed by atoms with Crippen LogP contribution in [0, 0.1) is 5.82 Å². The van der Waals surface area contributed by atoms with Crippen LogP contribution in [0.2, 0.25) is 10.0 Å². The summed E-state index contributed by atoms with van der Waals surface area (Å²) in [7, 11) is 1.71. The van der Waals surface area contributed by atoms with Crippen molar-refractivity contribution in [2.75, 3.05) is 17.7 Å². The van der Waals surface area contributed by atoms with Gasteiger partial charge in [-0.15, -0.1) is 0 Å². The summed E-state index contributed by atoms with van der Waals surface area (Å²) in [4.78, 5) is 4.28. The fraction of sp³-hybridized carbons (Fsp3) is 0.214. The Balaban J connectivity index is 2.28. The lowest BCUT2D eigenvalue weighted by molar-refractivity contribution is 0.600. The van der Waals surface area contributed by atoms with Gasteiger partial charge in [-0.2, -0.15) is 0 Å². The molecule has 1 atom stereocenters. The van der Waals surface area contributed by atoms with Crippen molar-refractivity contribution in [1.82, 2.24) is 4.98 Å². The van der Waals surface area contributed by atoms with Crippen LogP contribution in [0.15, 0.2) is 30.3 Å². The molecule has 2 aromatic rings. The molecule has 20 heavy (non-hydrogen) atoms. The van der Waals surface area contributed by atoms with Crippen LogP contribution in [0.25, 0.3) is 0 Å². The van der Waals surface area contributed by atoms with Crippen LogP contribution in [0.5, 0.6) is 0 Å². The van der Waals surface area contributed by atoms with Gasteiger partial charge in [0.1, 0.15) is 17.5 Å². The van der Waals surface area contributed by atoms with Crippen molar-refractivity contribution in [3.05, 3.63) is 51.8 Å². The van der Waals surface area contributed by atoms with E-state index in [0.29, 0.717) is 27.2 Å². The second-order valence-electron chi connectivity index (χ2n) is 4.29. The van der Waals surface area contributed by atoms with Crippen molar-refractivity contribution in [2.24, 2.45) is 0 Å². The third-order valence-electron chi connectivity index (χ3n) is 2.89. The lowest BCUT2D eigenvalue weighted by Crippen LogP contribution is -2.11. The van der Waals surface area contributed by atoms with Crippen molar-refractivity contribution in [2.45, 2.75) is 13.0 Å². The third-order valence-corrected chi connectivity index (χ3v) is 3.47. The Morgan fingerprint density at radius 3 is 2.45 bits per heavy atom. The van der Waals surface area contributed by atoms with Crippen LogP contribution in [0.4, 0.5) is 16.0 Å². The van der Waals surface area contributed by atoms with Crippen LogP contribution in [0.3, 0.4) is 0 Å². The Morgan fingerprint density at radius 2 is 1.80 bits per heavy atom. The molecule has 0 saturated carbocycles. The van der Waals surface area contributed by atoms with E-state index in [0.717, 1.165) is 0 Å². The second-order valence-corrected chi connectivity index (χ2v) is 5.10. The van der Waals surface area contributed by atoms with Crippen LogP contribution in [-0.4, -0.2) is 12.0 Å². The molecule has 0 amide bonds. The van der Waals surface area contributed by atoms with Crippen molar-refractivity contribution in [1.29, 1.82) is 0 Å². The van der Waals surface area contributed by atoms with E-state index in [2.05, 4.69) is 15.6 Å².